The Morgan fingerprint density at radius 3 is 2.31 bits per heavy atom. The van der Waals surface area contributed by atoms with Gasteiger partial charge in [0, 0.05) is 23.5 Å². The second kappa shape index (κ2) is 8.52. The number of fused-ring (bicyclic) bond motifs is 1. The average molecular weight is 422 g/mol. The van der Waals surface area contributed by atoms with Crippen molar-refractivity contribution in [2.75, 3.05) is 11.4 Å². The van der Waals surface area contributed by atoms with Gasteiger partial charge in [-0.3, -0.25) is 0 Å². The van der Waals surface area contributed by atoms with Gasteiger partial charge in [0.05, 0.1) is 5.39 Å². The van der Waals surface area contributed by atoms with Crippen LogP contribution in [0.4, 0.5) is 5.82 Å². The molecule has 0 saturated heterocycles. The normalized spacial score (nSPS) is 11.2. The van der Waals surface area contributed by atoms with Gasteiger partial charge in [0.1, 0.15) is 10.6 Å². The molecule has 3 nitrogen and oxygen atoms in total. The summed E-state index contributed by atoms with van der Waals surface area (Å²) < 4.78 is 0. The fourth-order valence-corrected chi connectivity index (χ4v) is 4.95. The summed E-state index contributed by atoms with van der Waals surface area (Å²) in [6, 6.07) is 19.3. The molecule has 2 aromatic carbocycles. The fraction of sp³-hybridized carbons (Fsp3) is 0.250. The summed E-state index contributed by atoms with van der Waals surface area (Å²) in [5.74, 6) is 0.908. The molecule has 0 unspecified atom stereocenters. The van der Waals surface area contributed by atoms with E-state index in [0.29, 0.717) is 5.28 Å². The third-order valence-corrected chi connectivity index (χ3v) is 6.40. The molecule has 0 radical (unpaired) electrons. The van der Waals surface area contributed by atoms with E-state index in [4.69, 9.17) is 11.6 Å². The second-order valence-corrected chi connectivity index (χ2v) is 8.62. The first-order chi connectivity index (χ1) is 14.1. The lowest BCUT2D eigenvalue weighted by Crippen LogP contribution is -2.23. The van der Waals surface area contributed by atoms with Crippen LogP contribution in [-0.4, -0.2) is 16.5 Å². The number of aryl methyl sites for hydroxylation is 2. The van der Waals surface area contributed by atoms with Gasteiger partial charge in [0.2, 0.25) is 5.28 Å². The second-order valence-electron chi connectivity index (χ2n) is 7.08. The SMILES string of the molecule is CCc1ccc(-c2c(C)sc3nc(Cl)nc(N(CC)Cc4ccccc4)c23)cc1. The van der Waals surface area contributed by atoms with Crippen molar-refractivity contribution in [1.29, 1.82) is 0 Å². The van der Waals surface area contributed by atoms with E-state index < -0.39 is 0 Å². The molecule has 2 heterocycles. The smallest absolute Gasteiger partial charge is 0.225 e. The molecule has 0 aliphatic carbocycles. The van der Waals surface area contributed by atoms with Crippen LogP contribution in [0.5, 0.6) is 0 Å². The van der Waals surface area contributed by atoms with Crippen LogP contribution >= 0.6 is 22.9 Å². The van der Waals surface area contributed by atoms with E-state index >= 15 is 0 Å². The molecule has 29 heavy (non-hydrogen) atoms. The Hall–Kier alpha value is -2.43. The minimum atomic E-state index is 0.299. The summed E-state index contributed by atoms with van der Waals surface area (Å²) in [6.07, 6.45) is 1.04. The number of anilines is 1. The molecular formula is C24H24ClN3S. The summed E-state index contributed by atoms with van der Waals surface area (Å²) in [7, 11) is 0. The van der Waals surface area contributed by atoms with Gasteiger partial charge < -0.3 is 4.90 Å². The van der Waals surface area contributed by atoms with E-state index in [1.807, 2.05) is 6.07 Å². The zero-order valence-electron chi connectivity index (χ0n) is 16.9. The van der Waals surface area contributed by atoms with Gasteiger partial charge in [-0.15, -0.1) is 11.3 Å². The first-order valence-electron chi connectivity index (χ1n) is 9.95. The van der Waals surface area contributed by atoms with Crippen LogP contribution in [0.2, 0.25) is 5.28 Å². The van der Waals surface area contributed by atoms with Crippen LogP contribution in [-0.2, 0) is 13.0 Å². The third-order valence-electron chi connectivity index (χ3n) is 5.23. The first-order valence-corrected chi connectivity index (χ1v) is 11.1. The van der Waals surface area contributed by atoms with Crippen LogP contribution in [0.15, 0.2) is 54.6 Å². The Morgan fingerprint density at radius 1 is 0.931 bits per heavy atom. The van der Waals surface area contributed by atoms with Gasteiger partial charge in [-0.2, -0.15) is 4.98 Å². The van der Waals surface area contributed by atoms with Crippen molar-refractivity contribution < 1.29 is 0 Å². The number of benzene rings is 2. The van der Waals surface area contributed by atoms with Crippen molar-refractivity contribution in [3.8, 4) is 11.1 Å². The number of nitrogens with zero attached hydrogens (tertiary/aromatic N) is 3. The highest BCUT2D eigenvalue weighted by molar-refractivity contribution is 7.19. The van der Waals surface area contributed by atoms with E-state index in [9.17, 15) is 0 Å². The van der Waals surface area contributed by atoms with Gasteiger partial charge in [0.15, 0.2) is 0 Å². The van der Waals surface area contributed by atoms with Crippen LogP contribution in [0.3, 0.4) is 0 Å². The first kappa shape index (κ1) is 19.9. The van der Waals surface area contributed by atoms with E-state index in [-0.39, 0.29) is 0 Å². The third kappa shape index (κ3) is 4.00. The van der Waals surface area contributed by atoms with E-state index in [0.717, 1.165) is 35.5 Å². The van der Waals surface area contributed by atoms with Crippen molar-refractivity contribution in [2.45, 2.75) is 33.7 Å². The van der Waals surface area contributed by atoms with Crippen molar-refractivity contribution >= 4 is 39.0 Å². The molecule has 0 aliphatic rings. The molecule has 2 aromatic heterocycles. The summed E-state index contributed by atoms with van der Waals surface area (Å²) in [5, 5.41) is 1.40. The number of hydrogen-bond acceptors (Lipinski definition) is 4. The molecule has 4 rings (SSSR count). The maximum atomic E-state index is 6.33. The lowest BCUT2D eigenvalue weighted by Gasteiger charge is -2.23. The molecule has 5 heteroatoms. The monoisotopic (exact) mass is 421 g/mol. The summed E-state index contributed by atoms with van der Waals surface area (Å²) in [6.45, 7) is 8.10. The van der Waals surface area contributed by atoms with Gasteiger partial charge in [-0.05, 0) is 48.6 Å². The van der Waals surface area contributed by atoms with Crippen molar-refractivity contribution in [3.05, 3.63) is 75.9 Å². The van der Waals surface area contributed by atoms with Crippen LogP contribution in [0.25, 0.3) is 21.3 Å². The highest BCUT2D eigenvalue weighted by Crippen LogP contribution is 2.42. The molecule has 148 valence electrons. The van der Waals surface area contributed by atoms with Crippen molar-refractivity contribution in [1.82, 2.24) is 9.97 Å². The zero-order chi connectivity index (χ0) is 20.4. The van der Waals surface area contributed by atoms with Crippen molar-refractivity contribution in [3.63, 3.8) is 0 Å². The number of halogens is 1. The van der Waals surface area contributed by atoms with Crippen LogP contribution < -0.4 is 4.90 Å². The summed E-state index contributed by atoms with van der Waals surface area (Å²) >= 11 is 8.02. The molecule has 0 bridgehead atoms. The zero-order valence-corrected chi connectivity index (χ0v) is 18.5. The Balaban J connectivity index is 1.88. The van der Waals surface area contributed by atoms with Gasteiger partial charge in [-0.25, -0.2) is 4.98 Å². The predicted molar refractivity (Wildman–Crippen MR) is 125 cm³/mol. The van der Waals surface area contributed by atoms with Gasteiger partial charge >= 0.3 is 0 Å². The Kier molecular flexibility index (Phi) is 5.84. The molecule has 0 spiro atoms. The van der Waals surface area contributed by atoms with Crippen LogP contribution in [0.1, 0.15) is 29.9 Å². The fourth-order valence-electron chi connectivity index (χ4n) is 3.69. The van der Waals surface area contributed by atoms with Gasteiger partial charge in [0.25, 0.3) is 0 Å². The molecular weight excluding hydrogens is 398 g/mol. The quantitative estimate of drug-likeness (QED) is 0.317. The lowest BCUT2D eigenvalue weighted by atomic mass is 10.0. The predicted octanol–water partition coefficient (Wildman–Crippen LogP) is 6.91. The maximum Gasteiger partial charge on any atom is 0.225 e. The van der Waals surface area contributed by atoms with E-state index in [1.54, 1.807) is 11.3 Å². The standard InChI is InChI=1S/C24H24ClN3S/c1-4-17-11-13-19(14-12-17)20-16(3)29-23-21(20)22(26-24(25)27-23)28(5-2)15-18-9-7-6-8-10-18/h6-14H,4-5,15H2,1-3H3. The average Bonchev–Trinajstić information content (AvgIpc) is 3.07. The topological polar surface area (TPSA) is 29.0 Å². The largest absolute Gasteiger partial charge is 0.352 e. The Bertz CT molecular complexity index is 1120. The molecule has 0 fully saturated rings. The number of rotatable bonds is 6. The van der Waals surface area contributed by atoms with Crippen LogP contribution in [0, 0.1) is 6.92 Å². The summed E-state index contributed by atoms with van der Waals surface area (Å²) in [4.78, 5) is 13.7. The highest BCUT2D eigenvalue weighted by Gasteiger charge is 2.21. The number of hydrogen-bond donors (Lipinski definition) is 0. The van der Waals surface area contributed by atoms with Gasteiger partial charge in [-0.1, -0.05) is 61.5 Å². The number of thiophene rings is 1. The highest BCUT2D eigenvalue weighted by atomic mass is 35.5. The Morgan fingerprint density at radius 2 is 1.66 bits per heavy atom. The Labute approximate surface area is 181 Å². The molecule has 0 N–H and O–H groups in total. The molecule has 0 amide bonds. The maximum absolute atomic E-state index is 6.33. The number of aromatic nitrogens is 2. The molecule has 0 atom stereocenters. The molecule has 0 saturated carbocycles. The molecule has 0 aliphatic heterocycles. The van der Waals surface area contributed by atoms with Crippen molar-refractivity contribution in [2.24, 2.45) is 0 Å². The minimum Gasteiger partial charge on any atom is -0.352 e. The van der Waals surface area contributed by atoms with E-state index in [2.05, 4.69) is 84.2 Å². The van der Waals surface area contributed by atoms with E-state index in [1.165, 1.54) is 27.1 Å². The minimum absolute atomic E-state index is 0.299. The lowest BCUT2D eigenvalue weighted by molar-refractivity contribution is 0.817. The molecule has 4 aromatic rings. The summed E-state index contributed by atoms with van der Waals surface area (Å²) in [5.41, 5.74) is 5.00.